The molecule has 1 atom stereocenters. The minimum atomic E-state index is 0.0411. The lowest BCUT2D eigenvalue weighted by Crippen LogP contribution is -2.07. The fourth-order valence-electron chi connectivity index (χ4n) is 1.36. The van der Waals surface area contributed by atoms with Gasteiger partial charge in [0.2, 0.25) is 0 Å². The molecule has 1 rings (SSSR count). The van der Waals surface area contributed by atoms with Crippen molar-refractivity contribution >= 4 is 13.4 Å². The molecule has 14 heavy (non-hydrogen) atoms. The predicted octanol–water partition coefficient (Wildman–Crippen LogP) is 3.14. The van der Waals surface area contributed by atoms with Gasteiger partial charge in [0.25, 0.3) is 0 Å². The fraction of sp³-hybridized carbons (Fsp3) is 0.333. The van der Waals surface area contributed by atoms with Gasteiger partial charge in [0.15, 0.2) is 0 Å². The Bertz CT molecular complexity index is 334. The number of hydrogen-bond acceptors (Lipinski definition) is 2. The van der Waals surface area contributed by atoms with E-state index in [9.17, 15) is 0 Å². The van der Waals surface area contributed by atoms with E-state index in [4.69, 9.17) is 0 Å². The van der Waals surface area contributed by atoms with Gasteiger partial charge >= 0.3 is 0 Å². The molecule has 0 bridgehead atoms. The Hall–Kier alpha value is -1.44. The zero-order valence-electron chi connectivity index (χ0n) is 8.83. The van der Waals surface area contributed by atoms with Crippen LogP contribution in [0.2, 0.25) is 0 Å². The molecule has 0 aromatic heterocycles. The van der Waals surface area contributed by atoms with Crippen LogP contribution in [0.4, 0.5) is 0 Å². The molecule has 0 aliphatic heterocycles. The summed E-state index contributed by atoms with van der Waals surface area (Å²) in [6.45, 7) is 11.4. The van der Waals surface area contributed by atoms with Crippen molar-refractivity contribution in [3.05, 3.63) is 35.7 Å². The maximum Gasteiger partial charge on any atom is 0.0875 e. The minimum absolute atomic E-state index is 0.0411. The van der Waals surface area contributed by atoms with Crippen molar-refractivity contribution in [3.8, 4) is 0 Å². The second kappa shape index (κ2) is 4.18. The molecule has 0 aromatic carbocycles. The monoisotopic (exact) mass is 188 g/mol. The van der Waals surface area contributed by atoms with Gasteiger partial charge in [-0.15, -0.1) is 0 Å². The number of hydrogen-bond donors (Lipinski definition) is 0. The first kappa shape index (κ1) is 10.6. The lowest BCUT2D eigenvalue weighted by atomic mass is 9.86. The molecule has 2 heteroatoms. The van der Waals surface area contributed by atoms with Crippen LogP contribution in [0.25, 0.3) is 0 Å². The largest absolute Gasteiger partial charge is 0.263 e. The van der Waals surface area contributed by atoms with Crippen molar-refractivity contribution in [2.24, 2.45) is 15.4 Å². The van der Waals surface area contributed by atoms with Crippen molar-refractivity contribution in [3.63, 3.8) is 0 Å². The van der Waals surface area contributed by atoms with Gasteiger partial charge in [0, 0.05) is 5.41 Å². The average molecular weight is 188 g/mol. The second-order valence-corrected chi connectivity index (χ2v) is 3.62. The molecular weight excluding hydrogens is 172 g/mol. The van der Waals surface area contributed by atoms with Crippen LogP contribution in [-0.4, -0.2) is 13.4 Å². The summed E-state index contributed by atoms with van der Waals surface area (Å²) in [5.41, 5.74) is 1.64. The van der Waals surface area contributed by atoms with Crippen LogP contribution < -0.4 is 0 Å². The van der Waals surface area contributed by atoms with Gasteiger partial charge in [-0.2, -0.15) is 0 Å². The fourth-order valence-corrected chi connectivity index (χ4v) is 1.36. The van der Waals surface area contributed by atoms with Gasteiger partial charge in [-0.25, -0.2) is 0 Å². The van der Waals surface area contributed by atoms with E-state index in [1.165, 1.54) is 0 Å². The molecule has 0 amide bonds. The van der Waals surface area contributed by atoms with E-state index in [1.54, 1.807) is 0 Å². The van der Waals surface area contributed by atoms with Gasteiger partial charge in [0.1, 0.15) is 0 Å². The first-order valence-electron chi connectivity index (χ1n) is 4.71. The topological polar surface area (TPSA) is 24.7 Å². The molecule has 1 aliphatic rings. The van der Waals surface area contributed by atoms with Gasteiger partial charge in [0.05, 0.1) is 11.4 Å². The summed E-state index contributed by atoms with van der Waals surface area (Å²) in [6.07, 6.45) is 9.18. The van der Waals surface area contributed by atoms with E-state index < -0.39 is 0 Å². The summed E-state index contributed by atoms with van der Waals surface area (Å²) in [5, 5.41) is 0. The summed E-state index contributed by atoms with van der Waals surface area (Å²) < 4.78 is 0. The van der Waals surface area contributed by atoms with Crippen LogP contribution in [0.1, 0.15) is 20.3 Å². The molecule has 74 valence electrons. The van der Waals surface area contributed by atoms with Crippen molar-refractivity contribution in [2.75, 3.05) is 0 Å². The maximum absolute atomic E-state index is 3.97. The summed E-state index contributed by atoms with van der Waals surface area (Å²) >= 11 is 0. The zero-order chi connectivity index (χ0) is 10.6. The minimum Gasteiger partial charge on any atom is -0.263 e. The normalized spacial score (nSPS) is 26.1. The molecular formula is C12H16N2. The summed E-state index contributed by atoms with van der Waals surface area (Å²) in [4.78, 5) is 7.89. The third-order valence-electron chi connectivity index (χ3n) is 2.56. The second-order valence-electron chi connectivity index (χ2n) is 3.62. The molecule has 0 heterocycles. The molecule has 0 saturated heterocycles. The molecule has 2 nitrogen and oxygen atoms in total. The highest BCUT2D eigenvalue weighted by molar-refractivity contribution is 5.46. The Labute approximate surface area is 85.5 Å². The van der Waals surface area contributed by atoms with E-state index in [1.807, 2.05) is 12.2 Å². The summed E-state index contributed by atoms with van der Waals surface area (Å²) in [5.74, 6) is 0. The Morgan fingerprint density at radius 1 is 1.29 bits per heavy atom. The van der Waals surface area contributed by atoms with Crippen LogP contribution in [0.15, 0.2) is 45.7 Å². The molecule has 0 spiro atoms. The van der Waals surface area contributed by atoms with Gasteiger partial charge < -0.3 is 0 Å². The highest BCUT2D eigenvalue weighted by Crippen LogP contribution is 2.31. The summed E-state index contributed by atoms with van der Waals surface area (Å²) in [7, 11) is 0. The van der Waals surface area contributed by atoms with Gasteiger partial charge in [-0.1, -0.05) is 26.0 Å². The molecule has 1 unspecified atom stereocenters. The Morgan fingerprint density at radius 2 is 1.93 bits per heavy atom. The quantitative estimate of drug-likeness (QED) is 0.608. The van der Waals surface area contributed by atoms with E-state index in [0.717, 1.165) is 17.8 Å². The van der Waals surface area contributed by atoms with E-state index in [2.05, 4.69) is 49.4 Å². The van der Waals surface area contributed by atoms with Crippen LogP contribution in [0.5, 0.6) is 0 Å². The molecule has 0 saturated carbocycles. The van der Waals surface area contributed by atoms with Crippen molar-refractivity contribution < 1.29 is 0 Å². The first-order chi connectivity index (χ1) is 6.65. The van der Waals surface area contributed by atoms with Crippen molar-refractivity contribution in [1.82, 2.24) is 0 Å². The number of aliphatic imine (C=N–C) groups is 2. The van der Waals surface area contributed by atoms with Crippen LogP contribution in [0, 0.1) is 5.41 Å². The third kappa shape index (κ3) is 2.08. The molecule has 0 aromatic rings. The lowest BCUT2D eigenvalue weighted by molar-refractivity contribution is 0.528. The highest BCUT2D eigenvalue weighted by atomic mass is 14.8. The van der Waals surface area contributed by atoms with E-state index in [0.29, 0.717) is 0 Å². The Kier molecular flexibility index (Phi) is 3.18. The van der Waals surface area contributed by atoms with Crippen molar-refractivity contribution in [1.29, 1.82) is 0 Å². The molecule has 0 fully saturated rings. The maximum atomic E-state index is 3.97. The average Bonchev–Trinajstić information content (AvgIpc) is 2.37. The summed E-state index contributed by atoms with van der Waals surface area (Å²) in [6, 6.07) is 0. The van der Waals surface area contributed by atoms with Crippen LogP contribution in [0.3, 0.4) is 0 Å². The zero-order valence-corrected chi connectivity index (χ0v) is 8.83. The van der Waals surface area contributed by atoms with Crippen molar-refractivity contribution in [2.45, 2.75) is 20.3 Å². The SMILES string of the molecule is C=NC1=CC=CC(C)(CC)C=C1N=C. The number of allylic oxidation sites excluding steroid dienone is 4. The van der Waals surface area contributed by atoms with E-state index in [-0.39, 0.29) is 5.41 Å². The van der Waals surface area contributed by atoms with Crippen LogP contribution in [-0.2, 0) is 0 Å². The van der Waals surface area contributed by atoms with Gasteiger partial charge in [-0.3, -0.25) is 9.98 Å². The Morgan fingerprint density at radius 3 is 2.43 bits per heavy atom. The third-order valence-corrected chi connectivity index (χ3v) is 2.56. The van der Waals surface area contributed by atoms with Gasteiger partial charge in [-0.05, 0) is 32.0 Å². The number of rotatable bonds is 3. The molecule has 0 N–H and O–H groups in total. The lowest BCUT2D eigenvalue weighted by Gasteiger charge is -2.19. The van der Waals surface area contributed by atoms with Crippen LogP contribution >= 0.6 is 0 Å². The predicted molar refractivity (Wildman–Crippen MR) is 62.8 cm³/mol. The Balaban J connectivity index is 3.17. The molecule has 0 radical (unpaired) electrons. The first-order valence-corrected chi connectivity index (χ1v) is 4.71. The molecule has 1 aliphatic carbocycles. The van der Waals surface area contributed by atoms with E-state index >= 15 is 0 Å². The highest BCUT2D eigenvalue weighted by Gasteiger charge is 2.18. The number of nitrogens with zero attached hydrogens (tertiary/aromatic N) is 2. The smallest absolute Gasteiger partial charge is 0.0875 e. The standard InChI is InChI=1S/C12H16N2/c1-5-12(2)8-6-7-10(13-3)11(9-12)14-4/h6-9H,3-5H2,1-2H3.